The summed E-state index contributed by atoms with van der Waals surface area (Å²) in [5, 5.41) is 3.13. The van der Waals surface area contributed by atoms with Crippen LogP contribution >= 0.6 is 11.3 Å². The third kappa shape index (κ3) is 2.85. The minimum Gasteiger partial charge on any atom is -0.298 e. The van der Waals surface area contributed by atoms with Crippen LogP contribution in [0.15, 0.2) is 42.5 Å². The van der Waals surface area contributed by atoms with Crippen molar-refractivity contribution in [1.29, 1.82) is 0 Å². The van der Waals surface area contributed by atoms with E-state index in [0.29, 0.717) is 21.3 Å². The van der Waals surface area contributed by atoms with Crippen molar-refractivity contribution in [3.05, 3.63) is 59.4 Å². The standard InChI is InChI=1S/C17H15FN2OS/c1-10(2)11-6-8-12(9-7-11)16(21)20-17-19-15-13(18)4-3-5-14(15)22-17/h3-10H,1-2H3,(H,19,20,21). The van der Waals surface area contributed by atoms with E-state index in [9.17, 15) is 9.18 Å². The highest BCUT2D eigenvalue weighted by Crippen LogP contribution is 2.27. The third-order valence-electron chi connectivity index (χ3n) is 3.43. The van der Waals surface area contributed by atoms with E-state index in [2.05, 4.69) is 24.1 Å². The van der Waals surface area contributed by atoms with Gasteiger partial charge in [-0.2, -0.15) is 0 Å². The number of aromatic nitrogens is 1. The van der Waals surface area contributed by atoms with Crippen LogP contribution in [0.25, 0.3) is 10.2 Å². The minimum absolute atomic E-state index is 0.241. The van der Waals surface area contributed by atoms with Crippen molar-refractivity contribution < 1.29 is 9.18 Å². The van der Waals surface area contributed by atoms with Crippen molar-refractivity contribution in [3.63, 3.8) is 0 Å². The normalized spacial score (nSPS) is 11.1. The van der Waals surface area contributed by atoms with E-state index in [4.69, 9.17) is 0 Å². The average molecular weight is 314 g/mol. The molecule has 3 nitrogen and oxygen atoms in total. The molecule has 2 aromatic carbocycles. The van der Waals surface area contributed by atoms with Crippen LogP contribution in [0.5, 0.6) is 0 Å². The molecule has 1 aromatic heterocycles. The smallest absolute Gasteiger partial charge is 0.257 e. The van der Waals surface area contributed by atoms with Gasteiger partial charge in [0.05, 0.1) is 4.70 Å². The van der Waals surface area contributed by atoms with Crippen molar-refractivity contribution in [3.8, 4) is 0 Å². The second-order valence-corrected chi connectivity index (χ2v) is 6.37. The number of halogens is 1. The van der Waals surface area contributed by atoms with Gasteiger partial charge in [-0.15, -0.1) is 0 Å². The van der Waals surface area contributed by atoms with Gasteiger partial charge in [0.15, 0.2) is 5.13 Å². The molecule has 1 heterocycles. The van der Waals surface area contributed by atoms with Crippen molar-refractivity contribution >= 4 is 32.6 Å². The number of para-hydroxylation sites is 1. The summed E-state index contributed by atoms with van der Waals surface area (Å²) < 4.78 is 14.3. The first-order valence-electron chi connectivity index (χ1n) is 7.01. The van der Waals surface area contributed by atoms with E-state index in [0.717, 1.165) is 0 Å². The Kier molecular flexibility index (Phi) is 3.90. The SMILES string of the molecule is CC(C)c1ccc(C(=O)Nc2nc3c(F)cccc3s2)cc1. The van der Waals surface area contributed by atoms with Crippen LogP contribution < -0.4 is 5.32 Å². The highest BCUT2D eigenvalue weighted by Gasteiger charge is 2.12. The predicted octanol–water partition coefficient (Wildman–Crippen LogP) is 4.81. The van der Waals surface area contributed by atoms with E-state index < -0.39 is 0 Å². The Labute approximate surface area is 131 Å². The summed E-state index contributed by atoms with van der Waals surface area (Å²) in [6.07, 6.45) is 0. The van der Waals surface area contributed by atoms with Gasteiger partial charge in [-0.1, -0.05) is 43.4 Å². The number of amides is 1. The summed E-state index contributed by atoms with van der Waals surface area (Å²) >= 11 is 1.26. The maximum absolute atomic E-state index is 13.6. The van der Waals surface area contributed by atoms with Gasteiger partial charge < -0.3 is 0 Å². The van der Waals surface area contributed by atoms with E-state index in [-0.39, 0.29) is 17.2 Å². The molecule has 0 atom stereocenters. The van der Waals surface area contributed by atoms with Crippen LogP contribution in [0.3, 0.4) is 0 Å². The number of carbonyl (C=O) groups is 1. The summed E-state index contributed by atoms with van der Waals surface area (Å²) in [4.78, 5) is 16.4. The molecule has 0 bridgehead atoms. The lowest BCUT2D eigenvalue weighted by Gasteiger charge is -2.06. The molecule has 0 saturated carbocycles. The number of hydrogen-bond donors (Lipinski definition) is 1. The summed E-state index contributed by atoms with van der Waals surface area (Å²) in [6, 6.07) is 12.2. The fourth-order valence-electron chi connectivity index (χ4n) is 2.16. The number of carbonyl (C=O) groups excluding carboxylic acids is 1. The van der Waals surface area contributed by atoms with Gasteiger partial charge in [-0.25, -0.2) is 9.37 Å². The van der Waals surface area contributed by atoms with Gasteiger partial charge in [-0.05, 0) is 35.7 Å². The van der Waals surface area contributed by atoms with Gasteiger partial charge in [0.2, 0.25) is 0 Å². The van der Waals surface area contributed by atoms with E-state index in [1.165, 1.54) is 23.0 Å². The number of fused-ring (bicyclic) bond motifs is 1. The summed E-state index contributed by atoms with van der Waals surface area (Å²) in [7, 11) is 0. The van der Waals surface area contributed by atoms with Gasteiger partial charge in [0.25, 0.3) is 5.91 Å². The molecule has 0 aliphatic carbocycles. The molecule has 5 heteroatoms. The number of benzene rings is 2. The molecule has 0 spiro atoms. The lowest BCUT2D eigenvalue weighted by Crippen LogP contribution is -2.11. The first-order valence-corrected chi connectivity index (χ1v) is 7.82. The molecule has 0 radical (unpaired) electrons. The summed E-state index contributed by atoms with van der Waals surface area (Å²) in [5.74, 6) is -0.199. The van der Waals surface area contributed by atoms with Crippen LogP contribution in [0.2, 0.25) is 0 Å². The minimum atomic E-state index is -0.379. The quantitative estimate of drug-likeness (QED) is 0.753. The Hall–Kier alpha value is -2.27. The predicted molar refractivity (Wildman–Crippen MR) is 88.1 cm³/mol. The van der Waals surface area contributed by atoms with Crippen LogP contribution in [-0.2, 0) is 0 Å². The second kappa shape index (κ2) is 5.85. The average Bonchev–Trinajstić information content (AvgIpc) is 2.91. The fraction of sp³-hybridized carbons (Fsp3) is 0.176. The molecule has 1 N–H and O–H groups in total. The summed E-state index contributed by atoms with van der Waals surface area (Å²) in [6.45, 7) is 4.20. The molecule has 0 unspecified atom stereocenters. The van der Waals surface area contributed by atoms with Crippen LogP contribution in [0.1, 0.15) is 35.7 Å². The Bertz CT molecular complexity index is 824. The summed E-state index contributed by atoms with van der Waals surface area (Å²) in [5.41, 5.74) is 2.03. The van der Waals surface area contributed by atoms with Crippen LogP contribution in [0.4, 0.5) is 9.52 Å². The zero-order chi connectivity index (χ0) is 15.7. The number of anilines is 1. The second-order valence-electron chi connectivity index (χ2n) is 5.34. The first kappa shape index (κ1) is 14.7. The molecule has 22 heavy (non-hydrogen) atoms. The zero-order valence-electron chi connectivity index (χ0n) is 12.3. The maximum Gasteiger partial charge on any atom is 0.257 e. The van der Waals surface area contributed by atoms with Crippen molar-refractivity contribution in [1.82, 2.24) is 4.98 Å². The Morgan fingerprint density at radius 1 is 1.18 bits per heavy atom. The van der Waals surface area contributed by atoms with Gasteiger partial charge in [0.1, 0.15) is 11.3 Å². The fourth-order valence-corrected chi connectivity index (χ4v) is 3.03. The largest absolute Gasteiger partial charge is 0.298 e. The molecule has 0 saturated heterocycles. The molecule has 112 valence electrons. The van der Waals surface area contributed by atoms with Crippen LogP contribution in [0, 0.1) is 5.82 Å². The molecule has 3 aromatic rings. The molecule has 0 aliphatic rings. The van der Waals surface area contributed by atoms with Crippen molar-refractivity contribution in [2.75, 3.05) is 5.32 Å². The number of nitrogens with one attached hydrogen (secondary N) is 1. The Morgan fingerprint density at radius 3 is 2.55 bits per heavy atom. The van der Waals surface area contributed by atoms with Crippen molar-refractivity contribution in [2.24, 2.45) is 0 Å². The van der Waals surface area contributed by atoms with Crippen LogP contribution in [-0.4, -0.2) is 10.9 Å². The monoisotopic (exact) mass is 314 g/mol. The highest BCUT2D eigenvalue weighted by atomic mass is 32.1. The number of nitrogens with zero attached hydrogens (tertiary/aromatic N) is 1. The first-order chi connectivity index (χ1) is 10.5. The van der Waals surface area contributed by atoms with E-state index in [1.54, 1.807) is 24.3 Å². The number of thiazole rings is 1. The molecule has 3 rings (SSSR count). The molecule has 0 fully saturated rings. The molecular weight excluding hydrogens is 299 g/mol. The lowest BCUT2D eigenvalue weighted by atomic mass is 10.0. The Balaban J connectivity index is 1.82. The molecule has 1 amide bonds. The van der Waals surface area contributed by atoms with E-state index >= 15 is 0 Å². The number of hydrogen-bond acceptors (Lipinski definition) is 3. The lowest BCUT2D eigenvalue weighted by molar-refractivity contribution is 0.102. The van der Waals surface area contributed by atoms with E-state index in [1.807, 2.05) is 12.1 Å². The van der Waals surface area contributed by atoms with Gasteiger partial charge in [0, 0.05) is 5.56 Å². The van der Waals surface area contributed by atoms with Gasteiger partial charge >= 0.3 is 0 Å². The highest BCUT2D eigenvalue weighted by molar-refractivity contribution is 7.22. The third-order valence-corrected chi connectivity index (χ3v) is 4.37. The van der Waals surface area contributed by atoms with Crippen molar-refractivity contribution in [2.45, 2.75) is 19.8 Å². The Morgan fingerprint density at radius 2 is 1.91 bits per heavy atom. The topological polar surface area (TPSA) is 42.0 Å². The number of rotatable bonds is 3. The zero-order valence-corrected chi connectivity index (χ0v) is 13.1. The van der Waals surface area contributed by atoms with Gasteiger partial charge in [-0.3, -0.25) is 10.1 Å². The molecule has 0 aliphatic heterocycles. The molecular formula is C17H15FN2OS. The maximum atomic E-state index is 13.6.